The third kappa shape index (κ3) is 5.00. The van der Waals surface area contributed by atoms with Crippen LogP contribution in [0.4, 0.5) is 5.69 Å². The number of hydrogen-bond donors (Lipinski definition) is 4. The molecule has 154 valence electrons. The molecule has 0 atom stereocenters. The van der Waals surface area contributed by atoms with Crippen molar-refractivity contribution in [2.24, 2.45) is 21.6 Å². The van der Waals surface area contributed by atoms with Crippen LogP contribution in [0.25, 0.3) is 0 Å². The number of primary sulfonamides is 2. The SMILES string of the molecule is Cc1cc(S(N)(=O)=O)c(C)c(S(N)(=O)=O)c1NCC(C)(C)C1CCNCC1. The highest BCUT2D eigenvalue weighted by Gasteiger charge is 2.32. The standard InChI is InChI=1S/C17H30N4O4S2/c1-11-9-14(26(18,22)23)12(2)16(27(19,24)25)15(11)21-10-17(3,4)13-5-7-20-8-6-13/h9,13,20-21H,5-8,10H2,1-4H3,(H2,18,22,23)(H2,19,24,25). The van der Waals surface area contributed by atoms with Gasteiger partial charge >= 0.3 is 0 Å². The largest absolute Gasteiger partial charge is 0.383 e. The summed E-state index contributed by atoms with van der Waals surface area (Å²) >= 11 is 0. The monoisotopic (exact) mass is 418 g/mol. The van der Waals surface area contributed by atoms with E-state index in [1.165, 1.54) is 13.0 Å². The van der Waals surface area contributed by atoms with E-state index in [1.807, 2.05) is 0 Å². The molecule has 2 rings (SSSR count). The van der Waals surface area contributed by atoms with Gasteiger partial charge in [-0.1, -0.05) is 13.8 Å². The van der Waals surface area contributed by atoms with Gasteiger partial charge in [0, 0.05) is 6.54 Å². The Labute approximate surface area is 162 Å². The Kier molecular flexibility index (Phi) is 6.27. The lowest BCUT2D eigenvalue weighted by atomic mass is 9.74. The van der Waals surface area contributed by atoms with Crippen LogP contribution >= 0.6 is 0 Å². The lowest BCUT2D eigenvalue weighted by Crippen LogP contribution is -2.39. The number of piperidine rings is 1. The van der Waals surface area contributed by atoms with Gasteiger partial charge < -0.3 is 10.6 Å². The first-order valence-electron chi connectivity index (χ1n) is 8.89. The second kappa shape index (κ2) is 7.67. The third-order valence-electron chi connectivity index (χ3n) is 5.44. The minimum absolute atomic E-state index is 0.0350. The van der Waals surface area contributed by atoms with Gasteiger partial charge in [-0.2, -0.15) is 0 Å². The Morgan fingerprint density at radius 2 is 1.67 bits per heavy atom. The van der Waals surface area contributed by atoms with Crippen LogP contribution in [0, 0.1) is 25.2 Å². The molecule has 0 saturated carbocycles. The van der Waals surface area contributed by atoms with Crippen molar-refractivity contribution in [3.8, 4) is 0 Å². The predicted molar refractivity (Wildman–Crippen MR) is 107 cm³/mol. The van der Waals surface area contributed by atoms with Crippen molar-refractivity contribution in [1.82, 2.24) is 5.32 Å². The molecule has 6 N–H and O–H groups in total. The van der Waals surface area contributed by atoms with E-state index in [4.69, 9.17) is 10.3 Å². The summed E-state index contributed by atoms with van der Waals surface area (Å²) in [5.41, 5.74) is 0.767. The van der Waals surface area contributed by atoms with Crippen molar-refractivity contribution >= 4 is 25.7 Å². The fraction of sp³-hybridized carbons (Fsp3) is 0.647. The second-order valence-electron chi connectivity index (χ2n) is 7.98. The summed E-state index contributed by atoms with van der Waals surface area (Å²) in [7, 11) is -8.23. The number of sulfonamides is 2. The van der Waals surface area contributed by atoms with Crippen LogP contribution in [0.1, 0.15) is 37.8 Å². The van der Waals surface area contributed by atoms with E-state index in [1.54, 1.807) is 6.92 Å². The minimum Gasteiger partial charge on any atom is -0.383 e. The molecule has 0 unspecified atom stereocenters. The second-order valence-corrected chi connectivity index (χ2v) is 11.0. The molecule has 1 aromatic rings. The average molecular weight is 419 g/mol. The van der Waals surface area contributed by atoms with E-state index in [-0.39, 0.29) is 20.8 Å². The van der Waals surface area contributed by atoms with Gasteiger partial charge in [-0.3, -0.25) is 0 Å². The fourth-order valence-electron chi connectivity index (χ4n) is 3.79. The summed E-state index contributed by atoms with van der Waals surface area (Å²) in [6.45, 7) is 9.82. The van der Waals surface area contributed by atoms with Gasteiger partial charge in [-0.15, -0.1) is 0 Å². The minimum atomic E-state index is -4.15. The maximum Gasteiger partial charge on any atom is 0.240 e. The molecule has 1 aliphatic rings. The molecule has 1 saturated heterocycles. The lowest BCUT2D eigenvalue weighted by molar-refractivity contribution is 0.180. The number of nitrogens with two attached hydrogens (primary N) is 2. The Bertz CT molecular complexity index is 919. The summed E-state index contributed by atoms with van der Waals surface area (Å²) in [6.07, 6.45) is 2.11. The molecule has 0 amide bonds. The summed E-state index contributed by atoms with van der Waals surface area (Å²) in [5, 5.41) is 17.2. The van der Waals surface area contributed by atoms with E-state index in [9.17, 15) is 16.8 Å². The van der Waals surface area contributed by atoms with Crippen LogP contribution < -0.4 is 20.9 Å². The third-order valence-corrected chi connectivity index (χ3v) is 7.55. The van der Waals surface area contributed by atoms with Crippen molar-refractivity contribution < 1.29 is 16.8 Å². The Morgan fingerprint density at radius 1 is 1.11 bits per heavy atom. The first-order chi connectivity index (χ1) is 12.2. The topological polar surface area (TPSA) is 144 Å². The zero-order valence-corrected chi connectivity index (χ0v) is 17.9. The number of aryl methyl sites for hydroxylation is 1. The molecule has 0 bridgehead atoms. The molecule has 10 heteroatoms. The van der Waals surface area contributed by atoms with E-state index in [0.717, 1.165) is 25.9 Å². The molecular formula is C17H30N4O4S2. The molecular weight excluding hydrogens is 388 g/mol. The number of rotatable bonds is 6. The quantitative estimate of drug-likeness (QED) is 0.543. The summed E-state index contributed by atoms with van der Waals surface area (Å²) in [6, 6.07) is 1.39. The summed E-state index contributed by atoms with van der Waals surface area (Å²) < 4.78 is 48.1. The molecule has 0 spiro atoms. The average Bonchev–Trinajstić information content (AvgIpc) is 2.53. The number of nitrogens with one attached hydrogen (secondary N) is 2. The maximum absolute atomic E-state index is 12.2. The normalized spacial score (nSPS) is 17.1. The van der Waals surface area contributed by atoms with Crippen molar-refractivity contribution in [3.05, 3.63) is 17.2 Å². The van der Waals surface area contributed by atoms with Gasteiger partial charge in [-0.25, -0.2) is 27.1 Å². The molecule has 8 nitrogen and oxygen atoms in total. The van der Waals surface area contributed by atoms with Gasteiger partial charge in [0.15, 0.2) is 0 Å². The van der Waals surface area contributed by atoms with Crippen LogP contribution in [0.2, 0.25) is 0 Å². The van der Waals surface area contributed by atoms with Crippen LogP contribution in [0.15, 0.2) is 15.9 Å². The molecule has 0 aliphatic carbocycles. The van der Waals surface area contributed by atoms with Crippen molar-refractivity contribution in [3.63, 3.8) is 0 Å². The number of anilines is 1. The van der Waals surface area contributed by atoms with E-state index >= 15 is 0 Å². The molecule has 1 fully saturated rings. The zero-order chi connectivity index (χ0) is 20.6. The highest BCUT2D eigenvalue weighted by atomic mass is 32.2. The predicted octanol–water partition coefficient (Wildman–Crippen LogP) is 1.04. The van der Waals surface area contributed by atoms with Crippen LogP contribution in [0.5, 0.6) is 0 Å². The van der Waals surface area contributed by atoms with E-state index in [2.05, 4.69) is 24.5 Å². The van der Waals surface area contributed by atoms with Crippen LogP contribution in [-0.2, 0) is 20.0 Å². The Morgan fingerprint density at radius 3 is 2.15 bits per heavy atom. The van der Waals surface area contributed by atoms with Gasteiger partial charge in [-0.05, 0) is 68.3 Å². The first kappa shape index (κ1) is 22.1. The lowest BCUT2D eigenvalue weighted by Gasteiger charge is -2.38. The van der Waals surface area contributed by atoms with Crippen molar-refractivity contribution in [2.75, 3.05) is 25.0 Å². The maximum atomic E-state index is 12.2. The molecule has 1 aromatic carbocycles. The highest BCUT2D eigenvalue weighted by molar-refractivity contribution is 7.90. The van der Waals surface area contributed by atoms with Gasteiger partial charge in [0.05, 0.1) is 10.6 Å². The first-order valence-corrected chi connectivity index (χ1v) is 12.0. The molecule has 1 heterocycles. The molecule has 0 radical (unpaired) electrons. The van der Waals surface area contributed by atoms with Gasteiger partial charge in [0.25, 0.3) is 0 Å². The number of hydrogen-bond acceptors (Lipinski definition) is 6. The fourth-order valence-corrected chi connectivity index (χ4v) is 5.78. The molecule has 27 heavy (non-hydrogen) atoms. The van der Waals surface area contributed by atoms with E-state index in [0.29, 0.717) is 23.7 Å². The highest BCUT2D eigenvalue weighted by Crippen LogP contribution is 2.36. The van der Waals surface area contributed by atoms with Crippen LogP contribution in [-0.4, -0.2) is 36.5 Å². The smallest absolute Gasteiger partial charge is 0.240 e. The van der Waals surface area contributed by atoms with E-state index < -0.39 is 20.0 Å². The van der Waals surface area contributed by atoms with Crippen molar-refractivity contribution in [1.29, 1.82) is 0 Å². The molecule has 1 aliphatic heterocycles. The summed E-state index contributed by atoms with van der Waals surface area (Å²) in [5.74, 6) is 0.495. The Balaban J connectivity index is 2.46. The molecule has 0 aromatic heterocycles. The van der Waals surface area contributed by atoms with Gasteiger partial charge in [0.2, 0.25) is 20.0 Å². The zero-order valence-electron chi connectivity index (χ0n) is 16.3. The van der Waals surface area contributed by atoms with Gasteiger partial charge in [0.1, 0.15) is 4.90 Å². The van der Waals surface area contributed by atoms with Crippen molar-refractivity contribution in [2.45, 2.75) is 50.3 Å². The Hall–Kier alpha value is -1.20. The number of benzene rings is 1. The summed E-state index contributed by atoms with van der Waals surface area (Å²) in [4.78, 5) is -0.445. The van der Waals surface area contributed by atoms with Crippen LogP contribution in [0.3, 0.4) is 0 Å².